The molecule has 0 spiro atoms. The summed E-state index contributed by atoms with van der Waals surface area (Å²) in [4.78, 5) is 12.6. The highest BCUT2D eigenvalue weighted by atomic mass is 35.5. The van der Waals surface area contributed by atoms with E-state index >= 15 is 0 Å². The third kappa shape index (κ3) is 3.85. The van der Waals surface area contributed by atoms with Gasteiger partial charge in [0.25, 0.3) is 0 Å². The van der Waals surface area contributed by atoms with Gasteiger partial charge in [0, 0.05) is 30.2 Å². The van der Waals surface area contributed by atoms with Gasteiger partial charge in [-0.2, -0.15) is 0 Å². The third-order valence-corrected chi connectivity index (χ3v) is 3.77. The first-order chi connectivity index (χ1) is 11.1. The number of aryl methyl sites for hydroxylation is 1. The molecule has 0 aliphatic rings. The zero-order valence-corrected chi connectivity index (χ0v) is 13.7. The van der Waals surface area contributed by atoms with Gasteiger partial charge in [0.05, 0.1) is 5.02 Å². The average Bonchev–Trinajstić information content (AvgIpc) is 2.55. The summed E-state index contributed by atoms with van der Waals surface area (Å²) in [6.07, 6.45) is 5.21. The van der Waals surface area contributed by atoms with Crippen LogP contribution in [0.4, 0.5) is 5.82 Å². The zero-order valence-electron chi connectivity index (χ0n) is 13.0. The van der Waals surface area contributed by atoms with E-state index in [1.807, 2.05) is 31.3 Å². The lowest BCUT2D eigenvalue weighted by Crippen LogP contribution is -2.08. The molecule has 0 saturated heterocycles. The first kappa shape index (κ1) is 15.4. The van der Waals surface area contributed by atoms with Crippen LogP contribution in [0, 0.1) is 6.92 Å². The number of pyridine rings is 1. The Morgan fingerprint density at radius 1 is 1.09 bits per heavy atom. The predicted molar refractivity (Wildman–Crippen MR) is 93.5 cm³/mol. The second-order valence-electron chi connectivity index (χ2n) is 5.37. The molecule has 0 radical (unpaired) electrons. The average molecular weight is 325 g/mol. The van der Waals surface area contributed by atoms with E-state index in [9.17, 15) is 0 Å². The molecule has 2 heterocycles. The van der Waals surface area contributed by atoms with E-state index < -0.39 is 0 Å². The van der Waals surface area contributed by atoms with Gasteiger partial charge in [-0.1, -0.05) is 29.8 Å². The quantitative estimate of drug-likeness (QED) is 0.757. The molecule has 1 aromatic carbocycles. The van der Waals surface area contributed by atoms with E-state index in [0.717, 1.165) is 22.8 Å². The first-order valence-corrected chi connectivity index (χ1v) is 7.77. The fourth-order valence-corrected chi connectivity index (χ4v) is 2.57. The lowest BCUT2D eigenvalue weighted by molar-refractivity contribution is 0.867. The van der Waals surface area contributed by atoms with Crippen LogP contribution >= 0.6 is 11.6 Å². The SMILES string of the molecule is Cc1nccc(N[C@@H](C)c2cccc(-c3cncc(Cl)c3)c2)n1. The molecule has 116 valence electrons. The summed E-state index contributed by atoms with van der Waals surface area (Å²) < 4.78 is 0. The number of hydrogen-bond acceptors (Lipinski definition) is 4. The highest BCUT2D eigenvalue weighted by Crippen LogP contribution is 2.26. The van der Waals surface area contributed by atoms with E-state index in [2.05, 4.69) is 45.4 Å². The van der Waals surface area contributed by atoms with Crippen LogP contribution in [0.5, 0.6) is 0 Å². The summed E-state index contributed by atoms with van der Waals surface area (Å²) in [6.45, 7) is 3.98. The Morgan fingerprint density at radius 2 is 1.96 bits per heavy atom. The second kappa shape index (κ2) is 6.75. The molecule has 1 N–H and O–H groups in total. The summed E-state index contributed by atoms with van der Waals surface area (Å²) in [5.41, 5.74) is 3.26. The molecule has 4 nitrogen and oxygen atoms in total. The number of anilines is 1. The van der Waals surface area contributed by atoms with Crippen molar-refractivity contribution in [2.75, 3.05) is 5.32 Å². The minimum absolute atomic E-state index is 0.122. The number of halogens is 1. The minimum Gasteiger partial charge on any atom is -0.363 e. The van der Waals surface area contributed by atoms with Gasteiger partial charge >= 0.3 is 0 Å². The van der Waals surface area contributed by atoms with E-state index in [1.165, 1.54) is 5.56 Å². The molecule has 0 fully saturated rings. The second-order valence-corrected chi connectivity index (χ2v) is 5.81. The van der Waals surface area contributed by atoms with Gasteiger partial charge in [0.2, 0.25) is 0 Å². The van der Waals surface area contributed by atoms with Crippen LogP contribution < -0.4 is 5.32 Å². The molecule has 3 rings (SSSR count). The Bertz CT molecular complexity index is 819. The van der Waals surface area contributed by atoms with Gasteiger partial charge in [-0.15, -0.1) is 0 Å². The zero-order chi connectivity index (χ0) is 16.2. The summed E-state index contributed by atoms with van der Waals surface area (Å²) in [7, 11) is 0. The van der Waals surface area contributed by atoms with E-state index in [-0.39, 0.29) is 6.04 Å². The van der Waals surface area contributed by atoms with Crippen LogP contribution in [0.2, 0.25) is 5.02 Å². The maximum absolute atomic E-state index is 6.03. The first-order valence-electron chi connectivity index (χ1n) is 7.39. The van der Waals surface area contributed by atoms with E-state index in [0.29, 0.717) is 5.02 Å². The lowest BCUT2D eigenvalue weighted by Gasteiger charge is -2.16. The van der Waals surface area contributed by atoms with Gasteiger partial charge in [0.15, 0.2) is 0 Å². The summed E-state index contributed by atoms with van der Waals surface area (Å²) in [6, 6.07) is 12.2. The van der Waals surface area contributed by atoms with Gasteiger partial charge in [-0.05, 0) is 43.2 Å². The maximum Gasteiger partial charge on any atom is 0.130 e. The number of aromatic nitrogens is 3. The normalized spacial score (nSPS) is 12.0. The molecular formula is C18H17ClN4. The van der Waals surface area contributed by atoms with Crippen molar-refractivity contribution in [3.05, 3.63) is 71.4 Å². The van der Waals surface area contributed by atoms with Crippen LogP contribution in [-0.2, 0) is 0 Å². The molecule has 5 heteroatoms. The number of benzene rings is 1. The topological polar surface area (TPSA) is 50.7 Å². The van der Waals surface area contributed by atoms with Crippen molar-refractivity contribution in [1.82, 2.24) is 15.0 Å². The van der Waals surface area contributed by atoms with Crippen LogP contribution in [0.15, 0.2) is 55.0 Å². The van der Waals surface area contributed by atoms with Crippen molar-refractivity contribution < 1.29 is 0 Å². The highest BCUT2D eigenvalue weighted by molar-refractivity contribution is 6.30. The molecule has 2 aromatic heterocycles. The number of rotatable bonds is 4. The largest absolute Gasteiger partial charge is 0.363 e. The van der Waals surface area contributed by atoms with E-state index in [4.69, 9.17) is 11.6 Å². The molecular weight excluding hydrogens is 308 g/mol. The van der Waals surface area contributed by atoms with Crippen LogP contribution in [0.1, 0.15) is 24.4 Å². The highest BCUT2D eigenvalue weighted by Gasteiger charge is 2.08. The van der Waals surface area contributed by atoms with E-state index in [1.54, 1.807) is 12.4 Å². The number of hydrogen-bond donors (Lipinski definition) is 1. The summed E-state index contributed by atoms with van der Waals surface area (Å²) >= 11 is 6.03. The standard InChI is InChI=1S/C18H17ClN4/c1-12(22-18-6-7-21-13(2)23-18)14-4-3-5-15(8-14)16-9-17(19)11-20-10-16/h3-12H,1-2H3,(H,21,22,23)/t12-/m0/s1. The molecule has 0 aliphatic carbocycles. The minimum atomic E-state index is 0.122. The molecule has 1 atom stereocenters. The van der Waals surface area contributed by atoms with Gasteiger partial charge in [-0.3, -0.25) is 4.98 Å². The Hall–Kier alpha value is -2.46. The van der Waals surface area contributed by atoms with Crippen molar-refractivity contribution in [3.8, 4) is 11.1 Å². The Morgan fingerprint density at radius 3 is 2.74 bits per heavy atom. The summed E-state index contributed by atoms with van der Waals surface area (Å²) in [5, 5.41) is 4.03. The Labute approximate surface area is 140 Å². The van der Waals surface area contributed by atoms with Gasteiger partial charge < -0.3 is 5.32 Å². The maximum atomic E-state index is 6.03. The molecule has 0 amide bonds. The van der Waals surface area contributed by atoms with Crippen molar-refractivity contribution >= 4 is 17.4 Å². The molecule has 0 saturated carbocycles. The smallest absolute Gasteiger partial charge is 0.130 e. The Kier molecular flexibility index (Phi) is 4.53. The lowest BCUT2D eigenvalue weighted by atomic mass is 10.0. The van der Waals surface area contributed by atoms with Crippen LogP contribution in [0.25, 0.3) is 11.1 Å². The van der Waals surface area contributed by atoms with Crippen molar-refractivity contribution in [2.24, 2.45) is 0 Å². The van der Waals surface area contributed by atoms with Crippen molar-refractivity contribution in [3.63, 3.8) is 0 Å². The molecule has 23 heavy (non-hydrogen) atoms. The van der Waals surface area contributed by atoms with Gasteiger partial charge in [-0.25, -0.2) is 9.97 Å². The summed E-state index contributed by atoms with van der Waals surface area (Å²) in [5.74, 6) is 1.57. The fourth-order valence-electron chi connectivity index (χ4n) is 2.40. The monoisotopic (exact) mass is 324 g/mol. The molecule has 0 bridgehead atoms. The molecule has 0 aliphatic heterocycles. The third-order valence-electron chi connectivity index (χ3n) is 3.57. The Balaban J connectivity index is 1.84. The van der Waals surface area contributed by atoms with Crippen molar-refractivity contribution in [1.29, 1.82) is 0 Å². The molecule has 0 unspecified atom stereocenters. The van der Waals surface area contributed by atoms with Crippen LogP contribution in [0.3, 0.4) is 0 Å². The van der Waals surface area contributed by atoms with Crippen LogP contribution in [-0.4, -0.2) is 15.0 Å². The number of nitrogens with zero attached hydrogens (tertiary/aromatic N) is 3. The number of nitrogens with one attached hydrogen (secondary N) is 1. The van der Waals surface area contributed by atoms with Crippen molar-refractivity contribution in [2.45, 2.75) is 19.9 Å². The van der Waals surface area contributed by atoms with Gasteiger partial charge in [0.1, 0.15) is 11.6 Å². The predicted octanol–water partition coefficient (Wildman–Crippen LogP) is 4.67. The molecule has 3 aromatic rings. The fraction of sp³-hybridized carbons (Fsp3) is 0.167.